The molecule has 0 spiro atoms. The fourth-order valence-corrected chi connectivity index (χ4v) is 2.17. The number of carbonyl (C=O) groups is 1. The Kier molecular flexibility index (Phi) is 6.27. The molecule has 0 unspecified atom stereocenters. The lowest BCUT2D eigenvalue weighted by atomic mass is 10.5. The zero-order valence-electron chi connectivity index (χ0n) is 10.7. The number of carbonyl (C=O) groups excluding carboxylic acids is 1. The number of methoxy groups -OCH3 is 2. The summed E-state index contributed by atoms with van der Waals surface area (Å²) in [5.74, 6) is 1.62. The smallest absolute Gasteiger partial charge is 0.306 e. The van der Waals surface area contributed by atoms with Crippen molar-refractivity contribution in [1.29, 1.82) is 0 Å². The first-order valence-corrected chi connectivity index (χ1v) is 6.54. The van der Waals surface area contributed by atoms with Gasteiger partial charge in [0.2, 0.25) is 0 Å². The molecule has 0 amide bonds. The van der Waals surface area contributed by atoms with Gasteiger partial charge in [0.15, 0.2) is 11.6 Å². The van der Waals surface area contributed by atoms with Gasteiger partial charge in [0.05, 0.1) is 20.6 Å². The summed E-state index contributed by atoms with van der Waals surface area (Å²) in [6, 6.07) is 0. The molecule has 0 aromatic carbocycles. The fraction of sp³-hybridized carbons (Fsp3) is 0.545. The number of nitrogens with one attached hydrogen (secondary N) is 1. The van der Waals surface area contributed by atoms with Gasteiger partial charge in [-0.1, -0.05) is 0 Å². The third kappa shape index (κ3) is 4.06. The van der Waals surface area contributed by atoms with E-state index in [1.54, 1.807) is 7.11 Å². The number of hydrogen-bond donors (Lipinski definition) is 1. The van der Waals surface area contributed by atoms with Crippen LogP contribution >= 0.6 is 11.8 Å². The van der Waals surface area contributed by atoms with Crippen molar-refractivity contribution >= 4 is 23.5 Å². The molecule has 0 aliphatic carbocycles. The zero-order valence-corrected chi connectivity index (χ0v) is 11.5. The summed E-state index contributed by atoms with van der Waals surface area (Å²) >= 11 is 1.44. The molecule has 1 rings (SSSR count). The van der Waals surface area contributed by atoms with Crippen molar-refractivity contribution in [2.45, 2.75) is 18.4 Å². The molecule has 0 aliphatic rings. The Balaban J connectivity index is 2.69. The third-order valence-electron chi connectivity index (χ3n) is 2.09. The number of rotatable bonds is 7. The molecule has 7 heteroatoms. The van der Waals surface area contributed by atoms with E-state index >= 15 is 0 Å². The van der Waals surface area contributed by atoms with Gasteiger partial charge in [-0.25, -0.2) is 9.97 Å². The first-order chi connectivity index (χ1) is 8.72. The maximum atomic E-state index is 11.0. The number of esters is 1. The highest BCUT2D eigenvalue weighted by Gasteiger charge is 2.12. The molecule has 0 bridgehead atoms. The van der Waals surface area contributed by atoms with Crippen LogP contribution in [0.3, 0.4) is 0 Å². The monoisotopic (exact) mass is 271 g/mol. The second-order valence-electron chi connectivity index (χ2n) is 3.27. The Morgan fingerprint density at radius 2 is 2.22 bits per heavy atom. The number of hydrogen-bond acceptors (Lipinski definition) is 7. The van der Waals surface area contributed by atoms with Crippen LogP contribution in [0.15, 0.2) is 11.4 Å². The van der Waals surface area contributed by atoms with Gasteiger partial charge in [-0.15, -0.1) is 11.8 Å². The minimum atomic E-state index is -0.234. The van der Waals surface area contributed by atoms with Gasteiger partial charge < -0.3 is 14.8 Å². The largest absolute Gasteiger partial charge is 0.490 e. The van der Waals surface area contributed by atoms with Gasteiger partial charge in [0.25, 0.3) is 0 Å². The first-order valence-electron chi connectivity index (χ1n) is 5.55. The summed E-state index contributed by atoms with van der Waals surface area (Å²) in [6.45, 7) is 2.73. The van der Waals surface area contributed by atoms with Crippen LogP contribution in [0.25, 0.3) is 0 Å². The van der Waals surface area contributed by atoms with Crippen LogP contribution < -0.4 is 10.1 Å². The van der Waals surface area contributed by atoms with Gasteiger partial charge in [-0.3, -0.25) is 4.79 Å². The van der Waals surface area contributed by atoms with Crippen molar-refractivity contribution in [3.8, 4) is 5.75 Å². The SMILES string of the molecule is CCNc1ncnc(SCCC(=O)OC)c1OC. The van der Waals surface area contributed by atoms with Crippen LogP contribution in [0.2, 0.25) is 0 Å². The lowest BCUT2D eigenvalue weighted by Gasteiger charge is -2.11. The molecule has 1 aromatic rings. The topological polar surface area (TPSA) is 73.3 Å². The van der Waals surface area contributed by atoms with E-state index in [9.17, 15) is 4.79 Å². The second-order valence-corrected chi connectivity index (χ2v) is 4.35. The Bertz CT molecular complexity index is 401. The molecule has 0 atom stereocenters. The predicted octanol–water partition coefficient (Wildman–Crippen LogP) is 1.57. The van der Waals surface area contributed by atoms with Gasteiger partial charge in [0.1, 0.15) is 11.4 Å². The van der Waals surface area contributed by atoms with E-state index in [2.05, 4.69) is 20.0 Å². The van der Waals surface area contributed by atoms with E-state index in [0.29, 0.717) is 28.8 Å². The van der Waals surface area contributed by atoms with Crippen LogP contribution in [0.4, 0.5) is 5.82 Å². The van der Waals surface area contributed by atoms with Crippen LogP contribution in [-0.2, 0) is 9.53 Å². The van der Waals surface area contributed by atoms with E-state index in [1.807, 2.05) is 6.92 Å². The van der Waals surface area contributed by atoms with E-state index in [-0.39, 0.29) is 5.97 Å². The molecule has 1 N–H and O–H groups in total. The summed E-state index contributed by atoms with van der Waals surface area (Å²) in [7, 11) is 2.95. The average molecular weight is 271 g/mol. The molecule has 0 saturated carbocycles. The average Bonchev–Trinajstić information content (AvgIpc) is 2.39. The number of ether oxygens (including phenoxy) is 2. The van der Waals surface area contributed by atoms with Crippen molar-refractivity contribution in [3.63, 3.8) is 0 Å². The highest BCUT2D eigenvalue weighted by Crippen LogP contribution is 2.32. The zero-order chi connectivity index (χ0) is 13.4. The molecular formula is C11H17N3O3S. The summed E-state index contributed by atoms with van der Waals surface area (Å²) in [5.41, 5.74) is 0. The van der Waals surface area contributed by atoms with Gasteiger partial charge >= 0.3 is 5.97 Å². The number of anilines is 1. The van der Waals surface area contributed by atoms with Crippen molar-refractivity contribution in [2.24, 2.45) is 0 Å². The van der Waals surface area contributed by atoms with Crippen molar-refractivity contribution in [1.82, 2.24) is 9.97 Å². The summed E-state index contributed by atoms with van der Waals surface area (Å²) in [6.07, 6.45) is 1.81. The maximum absolute atomic E-state index is 11.0. The van der Waals surface area contributed by atoms with E-state index in [4.69, 9.17) is 4.74 Å². The van der Waals surface area contributed by atoms with Crippen LogP contribution in [0.1, 0.15) is 13.3 Å². The van der Waals surface area contributed by atoms with E-state index in [1.165, 1.54) is 25.2 Å². The fourth-order valence-electron chi connectivity index (χ4n) is 1.27. The first kappa shape index (κ1) is 14.6. The molecule has 1 heterocycles. The van der Waals surface area contributed by atoms with Crippen molar-refractivity contribution in [3.05, 3.63) is 6.33 Å². The van der Waals surface area contributed by atoms with Crippen LogP contribution in [0, 0.1) is 0 Å². The van der Waals surface area contributed by atoms with E-state index in [0.717, 1.165) is 6.54 Å². The molecule has 0 fully saturated rings. The van der Waals surface area contributed by atoms with Gasteiger partial charge in [-0.05, 0) is 6.92 Å². The highest BCUT2D eigenvalue weighted by atomic mass is 32.2. The summed E-state index contributed by atoms with van der Waals surface area (Å²) in [4.78, 5) is 19.3. The Hall–Kier alpha value is -1.50. The molecule has 6 nitrogen and oxygen atoms in total. The third-order valence-corrected chi connectivity index (χ3v) is 3.06. The molecule has 1 aromatic heterocycles. The lowest BCUT2D eigenvalue weighted by molar-refractivity contribution is -0.140. The summed E-state index contributed by atoms with van der Waals surface area (Å²) < 4.78 is 9.87. The molecule has 100 valence electrons. The number of thioether (sulfide) groups is 1. The highest BCUT2D eigenvalue weighted by molar-refractivity contribution is 7.99. The maximum Gasteiger partial charge on any atom is 0.306 e. The van der Waals surface area contributed by atoms with Crippen molar-refractivity contribution in [2.75, 3.05) is 31.8 Å². The molecular weight excluding hydrogens is 254 g/mol. The van der Waals surface area contributed by atoms with Crippen LogP contribution in [0.5, 0.6) is 5.75 Å². The van der Waals surface area contributed by atoms with Crippen LogP contribution in [-0.4, -0.2) is 42.5 Å². The minimum absolute atomic E-state index is 0.234. The number of nitrogens with zero attached hydrogens (tertiary/aromatic N) is 2. The molecule has 0 radical (unpaired) electrons. The number of aromatic nitrogens is 2. The Labute approximate surface area is 110 Å². The van der Waals surface area contributed by atoms with Gasteiger partial charge in [0, 0.05) is 12.3 Å². The van der Waals surface area contributed by atoms with E-state index < -0.39 is 0 Å². The Morgan fingerprint density at radius 3 is 2.83 bits per heavy atom. The standard InChI is InChI=1S/C11H17N3O3S/c1-4-12-10-9(17-3)11(14-7-13-10)18-6-5-8(15)16-2/h7H,4-6H2,1-3H3,(H,12,13,14). The lowest BCUT2D eigenvalue weighted by Crippen LogP contribution is -2.05. The van der Waals surface area contributed by atoms with Gasteiger partial charge in [-0.2, -0.15) is 0 Å². The Morgan fingerprint density at radius 1 is 1.44 bits per heavy atom. The quantitative estimate of drug-likeness (QED) is 0.458. The summed E-state index contributed by atoms with van der Waals surface area (Å²) in [5, 5.41) is 3.81. The molecule has 0 saturated heterocycles. The predicted molar refractivity (Wildman–Crippen MR) is 70.1 cm³/mol. The molecule has 18 heavy (non-hydrogen) atoms. The second kappa shape index (κ2) is 7.75. The molecule has 0 aliphatic heterocycles. The minimum Gasteiger partial charge on any atom is -0.490 e. The normalized spacial score (nSPS) is 9.94. The van der Waals surface area contributed by atoms with Crippen molar-refractivity contribution < 1.29 is 14.3 Å².